The normalized spacial score (nSPS) is 10.9. The third-order valence-corrected chi connectivity index (χ3v) is 3.58. The van der Waals surface area contributed by atoms with E-state index in [0.717, 1.165) is 29.4 Å². The fourth-order valence-electron chi connectivity index (χ4n) is 1.64. The van der Waals surface area contributed by atoms with E-state index in [4.69, 9.17) is 5.73 Å². The lowest BCUT2D eigenvalue weighted by molar-refractivity contribution is 0.866. The van der Waals surface area contributed by atoms with Crippen LogP contribution in [0.25, 0.3) is 10.8 Å². The second-order valence-electron chi connectivity index (χ2n) is 3.70. The minimum absolute atomic E-state index is 0.567. The van der Waals surface area contributed by atoms with Gasteiger partial charge in [-0.25, -0.2) is 9.97 Å². The lowest BCUT2D eigenvalue weighted by Crippen LogP contribution is -1.98. The molecule has 0 aliphatic rings. The van der Waals surface area contributed by atoms with Crippen molar-refractivity contribution in [1.29, 1.82) is 0 Å². The first-order valence-electron chi connectivity index (χ1n) is 5.42. The van der Waals surface area contributed by atoms with Gasteiger partial charge in [-0.3, -0.25) is 0 Å². The summed E-state index contributed by atoms with van der Waals surface area (Å²) in [6, 6.07) is 0. The van der Waals surface area contributed by atoms with E-state index < -0.39 is 0 Å². The van der Waals surface area contributed by atoms with Gasteiger partial charge in [0.2, 0.25) is 0 Å². The highest BCUT2D eigenvalue weighted by Gasteiger charge is 2.13. The molecule has 0 saturated carbocycles. The van der Waals surface area contributed by atoms with Crippen LogP contribution in [0.3, 0.4) is 0 Å². The Labute approximate surface area is 99.2 Å². The second-order valence-corrected chi connectivity index (χ2v) is 4.79. The van der Waals surface area contributed by atoms with E-state index in [2.05, 4.69) is 16.9 Å². The molecule has 0 spiro atoms. The van der Waals surface area contributed by atoms with E-state index in [1.165, 1.54) is 4.88 Å². The van der Waals surface area contributed by atoms with E-state index >= 15 is 0 Å². The van der Waals surface area contributed by atoms with Gasteiger partial charge in [-0.2, -0.15) is 0 Å². The van der Waals surface area contributed by atoms with Gasteiger partial charge in [0.15, 0.2) is 10.8 Å². The zero-order valence-electron chi connectivity index (χ0n) is 9.60. The van der Waals surface area contributed by atoms with Gasteiger partial charge in [0, 0.05) is 30.9 Å². The van der Waals surface area contributed by atoms with Crippen molar-refractivity contribution < 1.29 is 0 Å². The third kappa shape index (κ3) is 2.01. The summed E-state index contributed by atoms with van der Waals surface area (Å²) < 4.78 is 1.98. The summed E-state index contributed by atoms with van der Waals surface area (Å²) in [6.45, 7) is 2.72. The van der Waals surface area contributed by atoms with Gasteiger partial charge in [-0.15, -0.1) is 11.3 Å². The molecule has 0 amide bonds. The Kier molecular flexibility index (Phi) is 3.36. The standard InChI is InChI=1S/C11H16N4S/c1-3-4-8-9(7-12)16-11(14-8)10-13-5-6-15(10)2/h5-6H,3-4,7,12H2,1-2H3. The number of hydrogen-bond donors (Lipinski definition) is 1. The molecule has 16 heavy (non-hydrogen) atoms. The summed E-state index contributed by atoms with van der Waals surface area (Å²) in [6.07, 6.45) is 5.81. The molecule has 86 valence electrons. The molecule has 5 heteroatoms. The molecule has 0 aromatic carbocycles. The molecule has 0 unspecified atom stereocenters. The monoisotopic (exact) mass is 236 g/mol. The molecule has 2 aromatic heterocycles. The van der Waals surface area contributed by atoms with Crippen molar-refractivity contribution >= 4 is 11.3 Å². The highest BCUT2D eigenvalue weighted by molar-refractivity contribution is 7.15. The summed E-state index contributed by atoms with van der Waals surface area (Å²) in [5, 5.41) is 0.969. The lowest BCUT2D eigenvalue weighted by atomic mass is 10.2. The van der Waals surface area contributed by atoms with Crippen molar-refractivity contribution in [3.05, 3.63) is 23.0 Å². The molecule has 2 aromatic rings. The number of thiazole rings is 1. The molecule has 2 rings (SSSR count). The first kappa shape index (κ1) is 11.3. The molecular formula is C11H16N4S. The maximum atomic E-state index is 5.73. The fourth-order valence-corrected chi connectivity index (χ4v) is 2.67. The zero-order chi connectivity index (χ0) is 11.5. The van der Waals surface area contributed by atoms with Gasteiger partial charge in [0.1, 0.15) is 0 Å². The molecule has 2 heterocycles. The Balaban J connectivity index is 2.39. The van der Waals surface area contributed by atoms with Crippen molar-refractivity contribution in [2.24, 2.45) is 12.8 Å². The van der Waals surface area contributed by atoms with Gasteiger partial charge < -0.3 is 10.3 Å². The van der Waals surface area contributed by atoms with Gasteiger partial charge in [-0.05, 0) is 6.42 Å². The molecule has 0 aliphatic carbocycles. The number of aromatic nitrogens is 3. The molecule has 0 radical (unpaired) electrons. The number of hydrogen-bond acceptors (Lipinski definition) is 4. The average molecular weight is 236 g/mol. The average Bonchev–Trinajstić information content (AvgIpc) is 2.85. The molecule has 0 bridgehead atoms. The molecule has 4 nitrogen and oxygen atoms in total. The van der Waals surface area contributed by atoms with Gasteiger partial charge >= 0.3 is 0 Å². The van der Waals surface area contributed by atoms with Crippen LogP contribution in [-0.2, 0) is 20.0 Å². The largest absolute Gasteiger partial charge is 0.332 e. The molecule has 0 atom stereocenters. The number of rotatable bonds is 4. The van der Waals surface area contributed by atoms with E-state index in [1.54, 1.807) is 17.5 Å². The van der Waals surface area contributed by atoms with Crippen LogP contribution in [-0.4, -0.2) is 14.5 Å². The molecular weight excluding hydrogens is 220 g/mol. The quantitative estimate of drug-likeness (QED) is 0.882. The van der Waals surface area contributed by atoms with Crippen LogP contribution in [0.2, 0.25) is 0 Å². The van der Waals surface area contributed by atoms with Crippen molar-refractivity contribution in [1.82, 2.24) is 14.5 Å². The highest BCUT2D eigenvalue weighted by atomic mass is 32.1. The first-order chi connectivity index (χ1) is 7.76. The first-order valence-corrected chi connectivity index (χ1v) is 6.24. The minimum Gasteiger partial charge on any atom is -0.332 e. The van der Waals surface area contributed by atoms with Gasteiger partial charge in [0.05, 0.1) is 5.69 Å². The fraction of sp³-hybridized carbons (Fsp3) is 0.455. The molecule has 2 N–H and O–H groups in total. The topological polar surface area (TPSA) is 56.7 Å². The summed E-state index contributed by atoms with van der Waals surface area (Å²) in [7, 11) is 1.98. The number of nitrogens with two attached hydrogens (primary N) is 1. The molecule has 0 aliphatic heterocycles. The second kappa shape index (κ2) is 4.76. The van der Waals surface area contributed by atoms with Gasteiger partial charge in [-0.1, -0.05) is 13.3 Å². The van der Waals surface area contributed by atoms with Crippen LogP contribution in [0.15, 0.2) is 12.4 Å². The van der Waals surface area contributed by atoms with Crippen LogP contribution in [0, 0.1) is 0 Å². The van der Waals surface area contributed by atoms with Crippen LogP contribution in [0.1, 0.15) is 23.9 Å². The Hall–Kier alpha value is -1.20. The number of imidazole rings is 1. The van der Waals surface area contributed by atoms with Crippen LogP contribution in [0.4, 0.5) is 0 Å². The van der Waals surface area contributed by atoms with Crippen molar-refractivity contribution in [2.45, 2.75) is 26.3 Å². The van der Waals surface area contributed by atoms with Crippen LogP contribution < -0.4 is 5.73 Å². The summed E-state index contributed by atoms with van der Waals surface area (Å²) in [5.74, 6) is 0.919. The maximum Gasteiger partial charge on any atom is 0.168 e. The minimum atomic E-state index is 0.567. The molecule has 0 fully saturated rings. The Morgan fingerprint density at radius 3 is 2.88 bits per heavy atom. The zero-order valence-corrected chi connectivity index (χ0v) is 10.4. The number of nitrogens with zero attached hydrogens (tertiary/aromatic N) is 3. The van der Waals surface area contributed by atoms with Gasteiger partial charge in [0.25, 0.3) is 0 Å². The van der Waals surface area contributed by atoms with Crippen LogP contribution in [0.5, 0.6) is 0 Å². The molecule has 0 saturated heterocycles. The maximum absolute atomic E-state index is 5.73. The third-order valence-electron chi connectivity index (χ3n) is 2.46. The van der Waals surface area contributed by atoms with Crippen molar-refractivity contribution in [3.8, 4) is 10.8 Å². The Bertz CT molecular complexity index is 472. The summed E-state index contributed by atoms with van der Waals surface area (Å²) in [4.78, 5) is 10.1. The van der Waals surface area contributed by atoms with E-state index in [0.29, 0.717) is 6.54 Å². The predicted octanol–water partition coefficient (Wildman–Crippen LogP) is 1.95. The van der Waals surface area contributed by atoms with Crippen molar-refractivity contribution in [3.63, 3.8) is 0 Å². The number of aryl methyl sites for hydroxylation is 2. The predicted molar refractivity (Wildman–Crippen MR) is 66.2 cm³/mol. The summed E-state index contributed by atoms with van der Waals surface area (Å²) in [5.41, 5.74) is 6.86. The SMILES string of the molecule is CCCc1nc(-c2nccn2C)sc1CN. The smallest absolute Gasteiger partial charge is 0.168 e. The Morgan fingerprint density at radius 2 is 2.31 bits per heavy atom. The van der Waals surface area contributed by atoms with Crippen molar-refractivity contribution in [2.75, 3.05) is 0 Å². The van der Waals surface area contributed by atoms with E-state index in [1.807, 2.05) is 17.8 Å². The highest BCUT2D eigenvalue weighted by Crippen LogP contribution is 2.27. The lowest BCUT2D eigenvalue weighted by Gasteiger charge is -1.95. The van der Waals surface area contributed by atoms with E-state index in [9.17, 15) is 0 Å². The van der Waals surface area contributed by atoms with E-state index in [-0.39, 0.29) is 0 Å². The van der Waals surface area contributed by atoms with Crippen LogP contribution >= 0.6 is 11.3 Å². The summed E-state index contributed by atoms with van der Waals surface area (Å²) >= 11 is 1.65. The Morgan fingerprint density at radius 1 is 1.50 bits per heavy atom.